The number of aromatic nitrogens is 2. The van der Waals surface area contributed by atoms with Crippen LogP contribution in [0.2, 0.25) is 5.02 Å². The van der Waals surface area contributed by atoms with E-state index >= 15 is 0 Å². The van der Waals surface area contributed by atoms with E-state index in [2.05, 4.69) is 15.3 Å². The molecule has 1 aromatic carbocycles. The molecule has 1 aliphatic rings. The lowest BCUT2D eigenvalue weighted by Gasteiger charge is -2.39. The molecule has 2 aromatic rings. The zero-order chi connectivity index (χ0) is 21.2. The highest BCUT2D eigenvalue weighted by atomic mass is 35.5. The first-order valence-electron chi connectivity index (χ1n) is 9.15. The predicted molar refractivity (Wildman–Crippen MR) is 110 cm³/mol. The Morgan fingerprint density at radius 1 is 1.24 bits per heavy atom. The average molecular weight is 419 g/mol. The summed E-state index contributed by atoms with van der Waals surface area (Å²) in [7, 11) is 0. The van der Waals surface area contributed by atoms with E-state index in [0.717, 1.165) is 5.56 Å². The van der Waals surface area contributed by atoms with Gasteiger partial charge in [-0.1, -0.05) is 23.7 Å². The standard InChI is InChI=1S/C19H23ClN6O3/c1-11(12-2-4-13(20)5-3-12)25-18(29)19(22)6-8-26(9-7-19)16-14(17(27)28)15(21)23-10-24-16/h2-5,10-11H,6-9,22H2,1H3,(H,25,29)(H,27,28)(H2,21,23,24)/t11-/m0/s1. The Morgan fingerprint density at radius 2 is 1.86 bits per heavy atom. The van der Waals surface area contributed by atoms with Crippen molar-refractivity contribution in [2.75, 3.05) is 23.7 Å². The van der Waals surface area contributed by atoms with Crippen molar-refractivity contribution in [3.8, 4) is 0 Å². The van der Waals surface area contributed by atoms with Crippen LogP contribution in [-0.2, 0) is 4.79 Å². The van der Waals surface area contributed by atoms with Crippen molar-refractivity contribution in [3.05, 3.63) is 46.7 Å². The first-order valence-corrected chi connectivity index (χ1v) is 9.53. The van der Waals surface area contributed by atoms with E-state index in [1.807, 2.05) is 19.1 Å². The Bertz CT molecular complexity index is 913. The van der Waals surface area contributed by atoms with Crippen molar-refractivity contribution in [3.63, 3.8) is 0 Å². The van der Waals surface area contributed by atoms with Crippen molar-refractivity contribution in [2.45, 2.75) is 31.3 Å². The summed E-state index contributed by atoms with van der Waals surface area (Å²) in [4.78, 5) is 33.9. The van der Waals surface area contributed by atoms with Crippen molar-refractivity contribution >= 4 is 35.1 Å². The summed E-state index contributed by atoms with van der Waals surface area (Å²) in [5.41, 5.74) is 11.8. The fraction of sp³-hybridized carbons (Fsp3) is 0.368. The number of carboxylic acids is 1. The number of nitrogens with two attached hydrogens (primary N) is 2. The van der Waals surface area contributed by atoms with Gasteiger partial charge in [0.25, 0.3) is 0 Å². The summed E-state index contributed by atoms with van der Waals surface area (Å²) in [6, 6.07) is 7.02. The maximum Gasteiger partial charge on any atom is 0.343 e. The second-order valence-corrected chi connectivity index (χ2v) is 7.59. The van der Waals surface area contributed by atoms with Crippen LogP contribution in [0, 0.1) is 0 Å². The van der Waals surface area contributed by atoms with Gasteiger partial charge >= 0.3 is 5.97 Å². The lowest BCUT2D eigenvalue weighted by Crippen LogP contribution is -2.60. The molecule has 1 fully saturated rings. The van der Waals surface area contributed by atoms with E-state index in [0.29, 0.717) is 31.0 Å². The first kappa shape index (κ1) is 20.8. The monoisotopic (exact) mass is 418 g/mol. The lowest BCUT2D eigenvalue weighted by molar-refractivity contribution is -0.127. The van der Waals surface area contributed by atoms with Gasteiger partial charge in [-0.2, -0.15) is 0 Å². The maximum atomic E-state index is 12.8. The Balaban J connectivity index is 1.67. The van der Waals surface area contributed by atoms with Crippen LogP contribution in [0.4, 0.5) is 11.6 Å². The van der Waals surface area contributed by atoms with Crippen LogP contribution in [0.15, 0.2) is 30.6 Å². The second-order valence-electron chi connectivity index (χ2n) is 7.15. The summed E-state index contributed by atoms with van der Waals surface area (Å²) in [5.74, 6) is -1.30. The molecule has 29 heavy (non-hydrogen) atoms. The molecule has 154 valence electrons. The number of nitrogens with one attached hydrogen (secondary N) is 1. The van der Waals surface area contributed by atoms with Crippen LogP contribution in [0.3, 0.4) is 0 Å². The summed E-state index contributed by atoms with van der Waals surface area (Å²) in [6.07, 6.45) is 1.91. The van der Waals surface area contributed by atoms with Gasteiger partial charge in [0.2, 0.25) is 5.91 Å². The van der Waals surface area contributed by atoms with E-state index < -0.39 is 11.5 Å². The quantitative estimate of drug-likeness (QED) is 0.572. The molecule has 2 heterocycles. The van der Waals surface area contributed by atoms with Gasteiger partial charge in [-0.25, -0.2) is 14.8 Å². The molecule has 3 rings (SSSR count). The molecule has 0 unspecified atom stereocenters. The molecule has 0 saturated carbocycles. The minimum Gasteiger partial charge on any atom is -0.477 e. The van der Waals surface area contributed by atoms with Crippen LogP contribution in [0.5, 0.6) is 0 Å². The molecule has 1 aromatic heterocycles. The molecule has 1 atom stereocenters. The van der Waals surface area contributed by atoms with Gasteiger partial charge in [-0.15, -0.1) is 0 Å². The summed E-state index contributed by atoms with van der Waals surface area (Å²) in [5, 5.41) is 13.0. The number of rotatable bonds is 5. The minimum atomic E-state index is -1.20. The molecule has 9 nitrogen and oxygen atoms in total. The molecular formula is C19H23ClN6O3. The number of anilines is 2. The van der Waals surface area contributed by atoms with E-state index in [-0.39, 0.29) is 29.1 Å². The number of carbonyl (C=O) groups is 2. The van der Waals surface area contributed by atoms with Crippen molar-refractivity contribution in [1.29, 1.82) is 0 Å². The van der Waals surface area contributed by atoms with Crippen LogP contribution in [-0.4, -0.2) is 45.6 Å². The number of halogens is 1. The highest BCUT2D eigenvalue weighted by Crippen LogP contribution is 2.28. The van der Waals surface area contributed by atoms with Gasteiger partial charge in [-0.3, -0.25) is 4.79 Å². The van der Waals surface area contributed by atoms with Gasteiger partial charge < -0.3 is 26.8 Å². The second kappa shape index (κ2) is 8.22. The topological polar surface area (TPSA) is 147 Å². The molecule has 10 heteroatoms. The first-order chi connectivity index (χ1) is 13.7. The fourth-order valence-corrected chi connectivity index (χ4v) is 3.48. The SMILES string of the molecule is C[C@H](NC(=O)C1(N)CCN(c2ncnc(N)c2C(=O)O)CC1)c1ccc(Cl)cc1. The van der Waals surface area contributed by atoms with E-state index in [1.165, 1.54) is 6.33 Å². The Morgan fingerprint density at radius 3 is 2.45 bits per heavy atom. The van der Waals surface area contributed by atoms with E-state index in [4.69, 9.17) is 23.1 Å². The van der Waals surface area contributed by atoms with Gasteiger partial charge in [0.05, 0.1) is 11.6 Å². The largest absolute Gasteiger partial charge is 0.477 e. The summed E-state index contributed by atoms with van der Waals surface area (Å²) < 4.78 is 0. The number of hydrogen-bond acceptors (Lipinski definition) is 7. The Kier molecular flexibility index (Phi) is 5.90. The number of piperidine rings is 1. The number of hydrogen-bond donors (Lipinski definition) is 4. The zero-order valence-electron chi connectivity index (χ0n) is 15.9. The molecule has 0 aliphatic carbocycles. The number of benzene rings is 1. The van der Waals surface area contributed by atoms with Gasteiger partial charge in [0, 0.05) is 18.1 Å². The van der Waals surface area contributed by atoms with Crippen molar-refractivity contribution in [1.82, 2.24) is 15.3 Å². The predicted octanol–water partition coefficient (Wildman–Crippen LogP) is 1.59. The average Bonchev–Trinajstić information content (AvgIpc) is 2.68. The van der Waals surface area contributed by atoms with Crippen LogP contribution in [0.25, 0.3) is 0 Å². The Labute approximate surface area is 173 Å². The molecule has 1 saturated heterocycles. The summed E-state index contributed by atoms with van der Waals surface area (Å²) >= 11 is 5.90. The smallest absolute Gasteiger partial charge is 0.343 e. The molecule has 1 amide bonds. The highest BCUT2D eigenvalue weighted by molar-refractivity contribution is 6.30. The number of nitrogen functional groups attached to an aromatic ring is 1. The van der Waals surface area contributed by atoms with E-state index in [9.17, 15) is 14.7 Å². The van der Waals surface area contributed by atoms with Crippen molar-refractivity contribution in [2.24, 2.45) is 5.73 Å². The molecule has 1 aliphatic heterocycles. The fourth-order valence-electron chi connectivity index (χ4n) is 3.35. The molecule has 0 spiro atoms. The van der Waals surface area contributed by atoms with Gasteiger partial charge in [0.15, 0.2) is 0 Å². The lowest BCUT2D eigenvalue weighted by atomic mass is 9.87. The number of carbonyl (C=O) groups excluding carboxylic acids is 1. The number of carboxylic acid groups (broad SMARTS) is 1. The van der Waals surface area contributed by atoms with Crippen molar-refractivity contribution < 1.29 is 14.7 Å². The highest BCUT2D eigenvalue weighted by Gasteiger charge is 2.39. The molecular weight excluding hydrogens is 396 g/mol. The summed E-state index contributed by atoms with van der Waals surface area (Å²) in [6.45, 7) is 2.62. The zero-order valence-corrected chi connectivity index (χ0v) is 16.7. The van der Waals surface area contributed by atoms with Crippen LogP contribution >= 0.6 is 11.6 Å². The maximum absolute atomic E-state index is 12.8. The van der Waals surface area contributed by atoms with Crippen LogP contribution < -0.4 is 21.7 Å². The normalized spacial score (nSPS) is 16.9. The number of amides is 1. The third-order valence-corrected chi connectivity index (χ3v) is 5.45. The number of nitrogens with zero attached hydrogens (tertiary/aromatic N) is 3. The van der Waals surface area contributed by atoms with Gasteiger partial charge in [-0.05, 0) is 37.5 Å². The molecule has 0 bridgehead atoms. The minimum absolute atomic E-state index is 0.0957. The Hall–Kier alpha value is -2.91. The third-order valence-electron chi connectivity index (χ3n) is 5.20. The van der Waals surface area contributed by atoms with E-state index in [1.54, 1.807) is 17.0 Å². The molecule has 6 N–H and O–H groups in total. The van der Waals surface area contributed by atoms with Gasteiger partial charge in [0.1, 0.15) is 23.5 Å². The van der Waals surface area contributed by atoms with Crippen LogP contribution in [0.1, 0.15) is 41.7 Å². The third kappa shape index (κ3) is 4.41. The molecule has 0 radical (unpaired) electrons. The number of aromatic carboxylic acids is 1.